The second kappa shape index (κ2) is 9.07. The molecule has 0 saturated carbocycles. The van der Waals surface area contributed by atoms with Crippen molar-refractivity contribution in [3.05, 3.63) is 42.2 Å². The van der Waals surface area contributed by atoms with Crippen LogP contribution in [0.25, 0.3) is 22.4 Å². The SMILES string of the molecule is CNc1nc(N2CCC(N)CC2)nc(-c2ccc(C#N)cc2)c1-c1cnn(CC(F)(F)F)c1. The van der Waals surface area contributed by atoms with Crippen molar-refractivity contribution in [3.8, 4) is 28.5 Å². The van der Waals surface area contributed by atoms with Crippen molar-refractivity contribution in [2.24, 2.45) is 5.73 Å². The summed E-state index contributed by atoms with van der Waals surface area (Å²) in [5.41, 5.74) is 8.76. The first-order valence-electron chi connectivity index (χ1n) is 10.5. The lowest BCUT2D eigenvalue weighted by molar-refractivity contribution is -0.142. The number of hydrogen-bond donors (Lipinski definition) is 2. The van der Waals surface area contributed by atoms with Crippen molar-refractivity contribution in [2.75, 3.05) is 30.4 Å². The third-order valence-corrected chi connectivity index (χ3v) is 5.51. The van der Waals surface area contributed by atoms with Crippen LogP contribution in [0.4, 0.5) is 24.9 Å². The van der Waals surface area contributed by atoms with E-state index < -0.39 is 12.7 Å². The van der Waals surface area contributed by atoms with E-state index >= 15 is 0 Å². The molecule has 0 atom stereocenters. The molecule has 8 nitrogen and oxygen atoms in total. The average Bonchev–Trinajstić information content (AvgIpc) is 3.25. The van der Waals surface area contributed by atoms with Crippen molar-refractivity contribution >= 4 is 11.8 Å². The predicted octanol–water partition coefficient (Wildman–Crippen LogP) is 3.41. The first kappa shape index (κ1) is 22.5. The minimum Gasteiger partial charge on any atom is -0.372 e. The summed E-state index contributed by atoms with van der Waals surface area (Å²) in [6, 6.07) is 9.10. The minimum atomic E-state index is -4.39. The summed E-state index contributed by atoms with van der Waals surface area (Å²) in [6.07, 6.45) is -0.0505. The molecule has 0 aliphatic carbocycles. The van der Waals surface area contributed by atoms with E-state index in [1.54, 1.807) is 31.3 Å². The molecule has 33 heavy (non-hydrogen) atoms. The third kappa shape index (κ3) is 5.06. The van der Waals surface area contributed by atoms with Gasteiger partial charge >= 0.3 is 6.18 Å². The number of piperidine rings is 1. The highest BCUT2D eigenvalue weighted by atomic mass is 19.4. The Bertz CT molecular complexity index is 1160. The molecule has 4 rings (SSSR count). The van der Waals surface area contributed by atoms with Crippen molar-refractivity contribution < 1.29 is 13.2 Å². The Kier molecular flexibility index (Phi) is 6.20. The monoisotopic (exact) mass is 456 g/mol. The topological polar surface area (TPSA) is 109 Å². The van der Waals surface area contributed by atoms with Crippen LogP contribution in [-0.2, 0) is 6.54 Å². The van der Waals surface area contributed by atoms with E-state index in [9.17, 15) is 13.2 Å². The maximum absolute atomic E-state index is 12.9. The summed E-state index contributed by atoms with van der Waals surface area (Å²) >= 11 is 0. The molecule has 3 heterocycles. The number of nitriles is 1. The van der Waals surface area contributed by atoms with E-state index in [4.69, 9.17) is 16.0 Å². The van der Waals surface area contributed by atoms with Crippen LogP contribution in [0.2, 0.25) is 0 Å². The molecule has 1 aliphatic heterocycles. The standard InChI is InChI=1S/C22H23F3N8/c1-28-20-18(16-11-29-33(12-16)13-22(23,24)25)19(15-4-2-14(10-26)3-5-15)30-21(31-20)32-8-6-17(27)7-9-32/h2-5,11-12,17H,6-9,13,27H2,1H3,(H,28,30,31). The fourth-order valence-corrected chi connectivity index (χ4v) is 3.82. The Balaban J connectivity index is 1.84. The summed E-state index contributed by atoms with van der Waals surface area (Å²) in [5, 5.41) is 16.1. The van der Waals surface area contributed by atoms with E-state index in [1.807, 2.05) is 4.90 Å². The van der Waals surface area contributed by atoms with E-state index in [1.165, 1.54) is 12.4 Å². The van der Waals surface area contributed by atoms with Gasteiger partial charge in [-0.2, -0.15) is 28.5 Å². The predicted molar refractivity (Wildman–Crippen MR) is 118 cm³/mol. The Labute approximate surface area is 188 Å². The number of nitrogens with two attached hydrogens (primary N) is 1. The van der Waals surface area contributed by atoms with Gasteiger partial charge in [0.25, 0.3) is 0 Å². The summed E-state index contributed by atoms with van der Waals surface area (Å²) in [5.74, 6) is 0.984. The van der Waals surface area contributed by atoms with Gasteiger partial charge in [0.15, 0.2) is 0 Å². The lowest BCUT2D eigenvalue weighted by Gasteiger charge is -2.31. The largest absolute Gasteiger partial charge is 0.408 e. The zero-order chi connectivity index (χ0) is 23.6. The zero-order valence-electron chi connectivity index (χ0n) is 18.0. The molecular formula is C22H23F3N8. The van der Waals surface area contributed by atoms with E-state index in [2.05, 4.69) is 21.5 Å². The van der Waals surface area contributed by atoms with Gasteiger partial charge in [-0.3, -0.25) is 4.68 Å². The van der Waals surface area contributed by atoms with Gasteiger partial charge in [0.2, 0.25) is 5.95 Å². The second-order valence-electron chi connectivity index (χ2n) is 7.90. The number of halogens is 3. The Morgan fingerprint density at radius 1 is 1.15 bits per heavy atom. The number of rotatable bonds is 5. The number of anilines is 2. The van der Waals surface area contributed by atoms with Gasteiger partial charge in [-0.05, 0) is 25.0 Å². The Morgan fingerprint density at radius 2 is 1.85 bits per heavy atom. The lowest BCUT2D eigenvalue weighted by Crippen LogP contribution is -2.40. The number of hydrogen-bond acceptors (Lipinski definition) is 7. The van der Waals surface area contributed by atoms with Crippen LogP contribution >= 0.6 is 0 Å². The minimum absolute atomic E-state index is 0.141. The van der Waals surface area contributed by atoms with Gasteiger partial charge in [-0.15, -0.1) is 0 Å². The Hall–Kier alpha value is -3.65. The van der Waals surface area contributed by atoms with E-state index in [0.29, 0.717) is 52.8 Å². The molecule has 3 aromatic rings. The number of benzene rings is 1. The molecule has 0 unspecified atom stereocenters. The van der Waals surface area contributed by atoms with Crippen LogP contribution in [0.5, 0.6) is 0 Å². The van der Waals surface area contributed by atoms with Crippen LogP contribution in [-0.4, -0.2) is 52.1 Å². The number of aromatic nitrogens is 4. The average molecular weight is 456 g/mol. The van der Waals surface area contributed by atoms with E-state index in [0.717, 1.165) is 17.5 Å². The van der Waals surface area contributed by atoms with Crippen molar-refractivity contribution in [1.29, 1.82) is 5.26 Å². The normalized spacial score (nSPS) is 14.8. The molecule has 0 radical (unpaired) electrons. The lowest BCUT2D eigenvalue weighted by atomic mass is 10.0. The fourth-order valence-electron chi connectivity index (χ4n) is 3.82. The molecule has 3 N–H and O–H groups in total. The molecule has 172 valence electrons. The Morgan fingerprint density at radius 3 is 2.45 bits per heavy atom. The van der Waals surface area contributed by atoms with Gasteiger partial charge in [0.1, 0.15) is 12.4 Å². The smallest absolute Gasteiger partial charge is 0.372 e. The molecule has 1 aromatic carbocycles. The highest BCUT2D eigenvalue weighted by Crippen LogP contribution is 2.37. The molecule has 0 spiro atoms. The highest BCUT2D eigenvalue weighted by Gasteiger charge is 2.29. The van der Waals surface area contributed by atoms with Gasteiger partial charge in [-0.1, -0.05) is 12.1 Å². The number of nitrogens with zero attached hydrogens (tertiary/aromatic N) is 6. The number of alkyl halides is 3. The van der Waals surface area contributed by atoms with E-state index in [-0.39, 0.29) is 6.04 Å². The summed E-state index contributed by atoms with van der Waals surface area (Å²) in [4.78, 5) is 11.5. The molecule has 0 bridgehead atoms. The molecule has 2 aromatic heterocycles. The molecule has 1 fully saturated rings. The molecule has 1 aliphatic rings. The van der Waals surface area contributed by atoms with Crippen LogP contribution in [0, 0.1) is 11.3 Å². The van der Waals surface area contributed by atoms with Gasteiger partial charge in [-0.25, -0.2) is 4.98 Å². The van der Waals surface area contributed by atoms with Gasteiger partial charge < -0.3 is 16.0 Å². The summed E-state index contributed by atoms with van der Waals surface area (Å²) in [6.45, 7) is 0.223. The summed E-state index contributed by atoms with van der Waals surface area (Å²) < 4.78 is 39.4. The highest BCUT2D eigenvalue weighted by molar-refractivity contribution is 5.88. The van der Waals surface area contributed by atoms with Crippen molar-refractivity contribution in [1.82, 2.24) is 19.7 Å². The fraction of sp³-hybridized carbons (Fsp3) is 0.364. The number of nitrogens with one attached hydrogen (secondary N) is 1. The van der Waals surface area contributed by atoms with Crippen molar-refractivity contribution in [3.63, 3.8) is 0 Å². The molecule has 0 amide bonds. The molecular weight excluding hydrogens is 433 g/mol. The van der Waals surface area contributed by atoms with Crippen LogP contribution < -0.4 is 16.0 Å². The maximum Gasteiger partial charge on any atom is 0.408 e. The van der Waals surface area contributed by atoms with Gasteiger partial charge in [0.05, 0.1) is 29.1 Å². The quantitative estimate of drug-likeness (QED) is 0.606. The third-order valence-electron chi connectivity index (χ3n) is 5.51. The molecule has 1 saturated heterocycles. The van der Waals surface area contributed by atoms with Crippen LogP contribution in [0.1, 0.15) is 18.4 Å². The molecule has 11 heteroatoms. The first-order valence-corrected chi connectivity index (χ1v) is 10.5. The van der Waals surface area contributed by atoms with Crippen molar-refractivity contribution in [2.45, 2.75) is 31.6 Å². The zero-order valence-corrected chi connectivity index (χ0v) is 18.0. The van der Waals surface area contributed by atoms with Gasteiger partial charge in [0, 0.05) is 43.5 Å². The maximum atomic E-state index is 12.9. The summed E-state index contributed by atoms with van der Waals surface area (Å²) in [7, 11) is 1.70. The second-order valence-corrected chi connectivity index (χ2v) is 7.90. The first-order chi connectivity index (χ1) is 15.8. The van der Waals surface area contributed by atoms with Crippen LogP contribution in [0.15, 0.2) is 36.7 Å². The van der Waals surface area contributed by atoms with Crippen LogP contribution in [0.3, 0.4) is 0 Å².